The van der Waals surface area contributed by atoms with Crippen LogP contribution in [0.3, 0.4) is 0 Å². The fourth-order valence-electron chi connectivity index (χ4n) is 5.19. The summed E-state index contributed by atoms with van der Waals surface area (Å²) in [4.78, 5) is 34.6. The molecule has 4 N–H and O–H groups in total. The maximum absolute atomic E-state index is 14.0. The van der Waals surface area contributed by atoms with Crippen molar-refractivity contribution < 1.29 is 39.9 Å². The highest BCUT2D eigenvalue weighted by Crippen LogP contribution is 2.38. The Labute approximate surface area is 288 Å². The molecular weight excluding hydrogens is 624 g/mol. The van der Waals surface area contributed by atoms with Crippen molar-refractivity contribution in [3.05, 3.63) is 108 Å². The summed E-state index contributed by atoms with van der Waals surface area (Å²) in [5.41, 5.74) is 5.46. The van der Waals surface area contributed by atoms with E-state index in [9.17, 15) is 34.8 Å². The molecule has 0 saturated heterocycles. The minimum atomic E-state index is -1.37. The first-order chi connectivity index (χ1) is 23.3. The summed E-state index contributed by atoms with van der Waals surface area (Å²) >= 11 is 0. The fraction of sp³-hybridized carbons (Fsp3) is 0.359. The van der Waals surface area contributed by atoms with Gasteiger partial charge in [-0.15, -0.1) is 0 Å². The SMILES string of the molecule is C=C/C(C)=C\C=C\c1c(-c2ccccc2)c(C(=O)Nc2ccccc2)c(C(C)C)n1CCC(O)CC(O)CC(=O)[O-].CC[C@H](O)CC(=O)[O-]. The summed E-state index contributed by atoms with van der Waals surface area (Å²) in [5, 5.41) is 52.9. The van der Waals surface area contributed by atoms with Crippen LogP contribution in [-0.2, 0) is 16.1 Å². The van der Waals surface area contributed by atoms with Gasteiger partial charge in [0, 0.05) is 54.0 Å². The molecule has 1 heterocycles. The van der Waals surface area contributed by atoms with Crippen molar-refractivity contribution in [1.29, 1.82) is 0 Å². The maximum atomic E-state index is 14.0. The number of carbonyl (C=O) groups excluding carboxylic acids is 3. The van der Waals surface area contributed by atoms with Gasteiger partial charge in [0.15, 0.2) is 0 Å². The number of carbonyl (C=O) groups is 3. The van der Waals surface area contributed by atoms with Gasteiger partial charge in [0.05, 0.1) is 23.9 Å². The number of aliphatic carboxylic acids is 2. The van der Waals surface area contributed by atoms with Crippen molar-refractivity contribution in [1.82, 2.24) is 4.57 Å². The first-order valence-corrected chi connectivity index (χ1v) is 16.4. The molecule has 3 rings (SSSR count). The third kappa shape index (κ3) is 13.3. The number of benzene rings is 2. The molecule has 10 nitrogen and oxygen atoms in total. The maximum Gasteiger partial charge on any atom is 0.258 e. The average Bonchev–Trinajstić information content (AvgIpc) is 3.38. The summed E-state index contributed by atoms with van der Waals surface area (Å²) in [7, 11) is 0. The molecule has 3 atom stereocenters. The molecule has 0 saturated carbocycles. The normalized spacial score (nSPS) is 13.3. The van der Waals surface area contributed by atoms with Gasteiger partial charge in [-0.1, -0.05) is 99.7 Å². The van der Waals surface area contributed by atoms with Crippen molar-refractivity contribution in [2.75, 3.05) is 5.32 Å². The molecule has 2 aromatic carbocycles. The predicted octanol–water partition coefficient (Wildman–Crippen LogP) is 4.22. The number of aliphatic hydroxyl groups is 3. The quantitative estimate of drug-likeness (QED) is 0.154. The van der Waals surface area contributed by atoms with Gasteiger partial charge >= 0.3 is 0 Å². The van der Waals surface area contributed by atoms with Gasteiger partial charge in [-0.05, 0) is 55.9 Å². The van der Waals surface area contributed by atoms with Crippen LogP contribution in [0.5, 0.6) is 0 Å². The number of nitrogens with zero attached hydrogens (tertiary/aromatic N) is 1. The molecule has 0 aliphatic rings. The lowest BCUT2D eigenvalue weighted by atomic mass is 9.96. The standard InChI is InChI=1S/C34H40N2O5.C5H10O3/c1-5-24(4)13-12-18-29-31(25-14-8-6-9-15-25)32(34(41)35-26-16-10-7-11-17-26)33(23(2)3)36(29)20-19-27(37)21-28(38)22-30(39)40;1-2-4(6)3-5(7)8/h5-18,23,27-28,37-38H,1,19-22H2,2-4H3,(H,35,41)(H,39,40);4,6H,2-3H2,1H3,(H,7,8)/p-2/b18-12+,24-13-;/t;4-/m.0/s1. The number of para-hydroxylation sites is 1. The van der Waals surface area contributed by atoms with E-state index in [2.05, 4.69) is 16.5 Å². The Kier molecular flexibility index (Phi) is 17.0. The lowest BCUT2D eigenvalue weighted by molar-refractivity contribution is -0.308. The first-order valence-electron chi connectivity index (χ1n) is 16.4. The second kappa shape index (κ2) is 20.6. The molecular formula is C39H48N2O8-2. The minimum absolute atomic E-state index is 0.0533. The van der Waals surface area contributed by atoms with Crippen LogP contribution in [0, 0.1) is 0 Å². The molecule has 0 aliphatic carbocycles. The van der Waals surface area contributed by atoms with Crippen LogP contribution >= 0.6 is 0 Å². The van der Waals surface area contributed by atoms with Crippen molar-refractivity contribution in [2.45, 2.75) is 90.6 Å². The zero-order valence-corrected chi connectivity index (χ0v) is 28.7. The molecule has 0 radical (unpaired) electrons. The van der Waals surface area contributed by atoms with Gasteiger partial charge in [-0.2, -0.15) is 0 Å². The third-order valence-electron chi connectivity index (χ3n) is 7.65. The average molecular weight is 673 g/mol. The number of allylic oxidation sites excluding steroid dienone is 4. The number of carboxylic acids is 2. The van der Waals surface area contributed by atoms with Crippen molar-refractivity contribution >= 4 is 29.6 Å². The third-order valence-corrected chi connectivity index (χ3v) is 7.65. The second-order valence-electron chi connectivity index (χ2n) is 12.0. The summed E-state index contributed by atoms with van der Waals surface area (Å²) in [5.74, 6) is -2.86. The number of nitrogens with one attached hydrogen (secondary N) is 1. The Morgan fingerprint density at radius 3 is 1.98 bits per heavy atom. The van der Waals surface area contributed by atoms with Crippen LogP contribution in [0.4, 0.5) is 5.69 Å². The van der Waals surface area contributed by atoms with Crippen LogP contribution in [-0.4, -0.2) is 56.0 Å². The fourth-order valence-corrected chi connectivity index (χ4v) is 5.19. The first kappa shape index (κ1) is 40.4. The highest BCUT2D eigenvalue weighted by molar-refractivity contribution is 6.11. The molecule has 0 bridgehead atoms. The Balaban J connectivity index is 0.000000924. The molecule has 0 fully saturated rings. The lowest BCUT2D eigenvalue weighted by Crippen LogP contribution is -2.29. The van der Waals surface area contributed by atoms with Crippen molar-refractivity contribution in [2.24, 2.45) is 0 Å². The molecule has 10 heteroatoms. The Bertz CT molecular complexity index is 1580. The molecule has 2 unspecified atom stereocenters. The molecule has 0 spiro atoms. The van der Waals surface area contributed by atoms with Crippen molar-refractivity contribution in [3.8, 4) is 11.1 Å². The number of amides is 1. The topological polar surface area (TPSA) is 175 Å². The number of aliphatic hydroxyl groups excluding tert-OH is 3. The van der Waals surface area contributed by atoms with E-state index in [1.807, 2.05) is 99.7 Å². The van der Waals surface area contributed by atoms with Gasteiger partial charge in [-0.25, -0.2) is 0 Å². The number of rotatable bonds is 17. The Hall–Kier alpha value is -4.77. The minimum Gasteiger partial charge on any atom is -0.550 e. The molecule has 1 amide bonds. The zero-order valence-electron chi connectivity index (χ0n) is 28.7. The lowest BCUT2D eigenvalue weighted by Gasteiger charge is -2.20. The Morgan fingerprint density at radius 1 is 0.898 bits per heavy atom. The van der Waals surface area contributed by atoms with E-state index in [0.717, 1.165) is 28.1 Å². The summed E-state index contributed by atoms with van der Waals surface area (Å²) in [6, 6.07) is 19.0. The van der Waals surface area contributed by atoms with Gasteiger partial charge in [0.25, 0.3) is 5.91 Å². The number of hydrogen-bond acceptors (Lipinski definition) is 8. The van der Waals surface area contributed by atoms with E-state index in [-0.39, 0.29) is 31.1 Å². The van der Waals surface area contributed by atoms with Gasteiger partial charge in [-0.3, -0.25) is 4.79 Å². The highest BCUT2D eigenvalue weighted by Gasteiger charge is 2.29. The smallest absolute Gasteiger partial charge is 0.258 e. The second-order valence-corrected chi connectivity index (χ2v) is 12.0. The van der Waals surface area contributed by atoms with Crippen LogP contribution in [0.2, 0.25) is 0 Å². The number of hydrogen-bond donors (Lipinski definition) is 4. The Morgan fingerprint density at radius 2 is 1.47 bits per heavy atom. The molecule has 264 valence electrons. The monoisotopic (exact) mass is 672 g/mol. The van der Waals surface area contributed by atoms with Gasteiger partial charge in [0.1, 0.15) is 0 Å². The van der Waals surface area contributed by atoms with E-state index in [1.54, 1.807) is 13.0 Å². The summed E-state index contributed by atoms with van der Waals surface area (Å²) < 4.78 is 2.05. The molecule has 1 aromatic heterocycles. The number of anilines is 1. The van der Waals surface area contributed by atoms with Crippen LogP contribution < -0.4 is 15.5 Å². The van der Waals surface area contributed by atoms with Crippen LogP contribution in [0.15, 0.2) is 91.0 Å². The van der Waals surface area contributed by atoms with E-state index < -0.39 is 36.7 Å². The number of carboxylic acid groups (broad SMARTS) is 2. The number of aromatic nitrogens is 1. The molecule has 49 heavy (non-hydrogen) atoms. The van der Waals surface area contributed by atoms with Crippen LogP contribution in [0.1, 0.15) is 87.5 Å². The molecule has 0 aliphatic heterocycles. The highest BCUT2D eigenvalue weighted by atomic mass is 16.4. The summed E-state index contributed by atoms with van der Waals surface area (Å²) in [6.45, 7) is 11.9. The van der Waals surface area contributed by atoms with E-state index >= 15 is 0 Å². The molecule has 3 aromatic rings. The van der Waals surface area contributed by atoms with E-state index in [0.29, 0.717) is 24.2 Å². The zero-order chi connectivity index (χ0) is 36.5. The van der Waals surface area contributed by atoms with E-state index in [1.165, 1.54) is 0 Å². The largest absolute Gasteiger partial charge is 0.550 e. The van der Waals surface area contributed by atoms with Gasteiger partial charge in [0.2, 0.25) is 0 Å². The summed E-state index contributed by atoms with van der Waals surface area (Å²) in [6.07, 6.45) is 4.50. The van der Waals surface area contributed by atoms with Crippen LogP contribution in [0.25, 0.3) is 17.2 Å². The van der Waals surface area contributed by atoms with E-state index in [4.69, 9.17) is 5.11 Å². The predicted molar refractivity (Wildman–Crippen MR) is 188 cm³/mol. The van der Waals surface area contributed by atoms with Crippen molar-refractivity contribution in [3.63, 3.8) is 0 Å². The van der Waals surface area contributed by atoms with Gasteiger partial charge < -0.3 is 45.0 Å².